The molecule has 3 nitrogen and oxygen atoms in total. The standard InChI is InChI=1S/C3H6NO2S.Re/c4-2(1-7)3(5)6;/h2,4,7H,1H2,(H,5,6);/q-1;. The number of hydrogen-bond donors (Lipinski definition) is 2. The van der Waals surface area contributed by atoms with Crippen LogP contribution >= 0.6 is 12.6 Å². The van der Waals surface area contributed by atoms with Crippen LogP contribution in [0.5, 0.6) is 0 Å². The van der Waals surface area contributed by atoms with Crippen LogP contribution in [0.25, 0.3) is 5.73 Å². The summed E-state index contributed by atoms with van der Waals surface area (Å²) in [5, 5.41) is 7.95. The first-order valence-corrected chi connectivity index (χ1v) is 2.36. The third-order valence-electron chi connectivity index (χ3n) is 0.481. The minimum atomic E-state index is -1.12. The summed E-state index contributed by atoms with van der Waals surface area (Å²) in [7, 11) is 0. The first-order chi connectivity index (χ1) is 3.18. The second-order valence-corrected chi connectivity index (χ2v) is 1.44. The van der Waals surface area contributed by atoms with Crippen molar-refractivity contribution in [1.82, 2.24) is 0 Å². The van der Waals surface area contributed by atoms with Gasteiger partial charge in [-0.3, -0.25) is 4.79 Å². The summed E-state index contributed by atoms with van der Waals surface area (Å²) in [6.07, 6.45) is 0. The van der Waals surface area contributed by atoms with E-state index in [1.54, 1.807) is 0 Å². The van der Waals surface area contributed by atoms with Gasteiger partial charge in [0.25, 0.3) is 5.97 Å². The summed E-state index contributed by atoms with van der Waals surface area (Å²) in [5.74, 6) is -1.04. The molecule has 0 aromatic heterocycles. The summed E-state index contributed by atoms with van der Waals surface area (Å²) in [6.45, 7) is 0. The van der Waals surface area contributed by atoms with E-state index >= 15 is 0 Å². The Labute approximate surface area is 66.7 Å². The predicted molar refractivity (Wildman–Crippen MR) is 29.6 cm³/mol. The van der Waals surface area contributed by atoms with Crippen LogP contribution in [-0.4, -0.2) is 22.9 Å². The van der Waals surface area contributed by atoms with E-state index in [-0.39, 0.29) is 26.2 Å². The molecule has 5 heteroatoms. The van der Waals surface area contributed by atoms with Gasteiger partial charge >= 0.3 is 0 Å². The number of aliphatic carboxylic acids is 1. The van der Waals surface area contributed by atoms with Crippen molar-refractivity contribution in [3.05, 3.63) is 5.73 Å². The van der Waals surface area contributed by atoms with Crippen LogP contribution in [0.2, 0.25) is 0 Å². The molecule has 2 N–H and O–H groups in total. The zero-order valence-corrected chi connectivity index (χ0v) is 7.58. The number of carboxylic acids is 1. The number of thiol groups is 1. The molecule has 8 heavy (non-hydrogen) atoms. The van der Waals surface area contributed by atoms with E-state index in [1.165, 1.54) is 0 Å². The minimum Gasteiger partial charge on any atom is -0.665 e. The van der Waals surface area contributed by atoms with Crippen LogP contribution < -0.4 is 0 Å². The van der Waals surface area contributed by atoms with Gasteiger partial charge in [-0.2, -0.15) is 12.6 Å². The zero-order valence-electron chi connectivity index (χ0n) is 3.97. The van der Waals surface area contributed by atoms with Crippen molar-refractivity contribution in [3.8, 4) is 0 Å². The molecule has 0 aromatic carbocycles. The minimum absolute atomic E-state index is 0. The Morgan fingerprint density at radius 3 is 2.25 bits per heavy atom. The third-order valence-corrected chi connectivity index (χ3v) is 0.846. The van der Waals surface area contributed by atoms with Crippen molar-refractivity contribution in [2.75, 3.05) is 5.75 Å². The maximum atomic E-state index is 9.69. The van der Waals surface area contributed by atoms with Gasteiger partial charge < -0.3 is 10.8 Å². The van der Waals surface area contributed by atoms with E-state index in [4.69, 9.17) is 10.8 Å². The number of rotatable bonds is 2. The normalized spacial score (nSPS) is 11.8. The Hall–Kier alpha value is 0.442. The molecule has 0 aromatic rings. The van der Waals surface area contributed by atoms with Crippen molar-refractivity contribution < 1.29 is 30.3 Å². The topological polar surface area (TPSA) is 61.1 Å². The molecule has 0 aliphatic carbocycles. The molecule has 0 fully saturated rings. The second kappa shape index (κ2) is 5.58. The Balaban J connectivity index is 0. The van der Waals surface area contributed by atoms with Crippen molar-refractivity contribution in [1.29, 1.82) is 0 Å². The molecule has 0 saturated carbocycles. The average Bonchev–Trinajstić information content (AvgIpc) is 1.65. The van der Waals surface area contributed by atoms with E-state index in [0.29, 0.717) is 0 Å². The van der Waals surface area contributed by atoms with Gasteiger partial charge in [-0.15, -0.1) is 0 Å². The quantitative estimate of drug-likeness (QED) is 0.726. The number of nitrogens with one attached hydrogen (secondary N) is 1. The van der Waals surface area contributed by atoms with Crippen LogP contribution in [0.3, 0.4) is 0 Å². The second-order valence-electron chi connectivity index (χ2n) is 1.07. The van der Waals surface area contributed by atoms with Gasteiger partial charge in [-0.05, 0) is 11.8 Å². The summed E-state index contributed by atoms with van der Waals surface area (Å²) >= 11 is 3.59. The van der Waals surface area contributed by atoms with Crippen LogP contribution in [0.15, 0.2) is 0 Å². The van der Waals surface area contributed by atoms with Gasteiger partial charge in [0.2, 0.25) is 0 Å². The van der Waals surface area contributed by atoms with Gasteiger partial charge in [0.1, 0.15) is 0 Å². The van der Waals surface area contributed by atoms with E-state index in [1.807, 2.05) is 0 Å². The van der Waals surface area contributed by atoms with E-state index in [0.717, 1.165) is 0 Å². The monoisotopic (exact) mass is 307 g/mol. The van der Waals surface area contributed by atoms with Crippen LogP contribution in [0, 0.1) is 0 Å². The molecule has 0 bridgehead atoms. The Bertz CT molecular complexity index is 79.7. The summed E-state index contributed by atoms with van der Waals surface area (Å²) < 4.78 is 0. The van der Waals surface area contributed by atoms with Crippen LogP contribution in [0.4, 0.5) is 0 Å². The largest absolute Gasteiger partial charge is 0.665 e. The molecule has 1 radical (unpaired) electrons. The van der Waals surface area contributed by atoms with E-state index in [9.17, 15) is 4.79 Å². The maximum absolute atomic E-state index is 9.69. The first-order valence-electron chi connectivity index (χ1n) is 1.73. The van der Waals surface area contributed by atoms with E-state index < -0.39 is 12.0 Å². The molecular formula is C3H6NO2ReS-. The fourth-order valence-electron chi connectivity index (χ4n) is 0.0781. The number of carbonyl (C=O) groups is 1. The Morgan fingerprint density at radius 2 is 2.25 bits per heavy atom. The fraction of sp³-hybridized carbons (Fsp3) is 0.667. The number of carboxylic acid groups (broad SMARTS) is 1. The van der Waals surface area contributed by atoms with Crippen molar-refractivity contribution in [2.24, 2.45) is 0 Å². The van der Waals surface area contributed by atoms with E-state index in [2.05, 4.69) is 12.6 Å². The summed E-state index contributed by atoms with van der Waals surface area (Å²) in [6, 6.07) is -1.07. The Morgan fingerprint density at radius 1 is 1.88 bits per heavy atom. The maximum Gasteiger partial charge on any atom is 0.286 e. The molecule has 0 amide bonds. The van der Waals surface area contributed by atoms with Crippen LogP contribution in [0.1, 0.15) is 0 Å². The smallest absolute Gasteiger partial charge is 0.286 e. The van der Waals surface area contributed by atoms with Crippen molar-refractivity contribution >= 4 is 18.6 Å². The van der Waals surface area contributed by atoms with Gasteiger partial charge in [0.05, 0.1) is 0 Å². The molecule has 49 valence electrons. The van der Waals surface area contributed by atoms with Gasteiger partial charge in [0.15, 0.2) is 0 Å². The molecule has 1 unspecified atom stereocenters. The molecule has 0 heterocycles. The van der Waals surface area contributed by atoms with Gasteiger partial charge in [-0.25, -0.2) is 0 Å². The number of hydrogen-bond acceptors (Lipinski definition) is 2. The summed E-state index contributed by atoms with van der Waals surface area (Å²) in [4.78, 5) is 9.69. The molecule has 0 aliphatic heterocycles. The third kappa shape index (κ3) is 4.60. The molecule has 0 rings (SSSR count). The first kappa shape index (κ1) is 11.3. The average molecular weight is 306 g/mol. The SMILES string of the molecule is [NH-]C(CS)C(=O)O.[Re]. The van der Waals surface area contributed by atoms with Gasteiger partial charge in [-0.1, -0.05) is 0 Å². The van der Waals surface area contributed by atoms with Crippen molar-refractivity contribution in [3.63, 3.8) is 0 Å². The van der Waals surface area contributed by atoms with Crippen LogP contribution in [-0.2, 0) is 25.2 Å². The Kier molecular flexibility index (Phi) is 7.85. The molecule has 0 saturated heterocycles. The van der Waals surface area contributed by atoms with Crippen molar-refractivity contribution in [2.45, 2.75) is 6.04 Å². The predicted octanol–water partition coefficient (Wildman–Crippen LogP) is 0.419. The van der Waals surface area contributed by atoms with Gasteiger partial charge in [0, 0.05) is 20.4 Å². The fourth-order valence-corrected chi connectivity index (χ4v) is 0.234. The molecule has 1 atom stereocenters. The zero-order chi connectivity index (χ0) is 5.86. The molecule has 0 spiro atoms. The summed E-state index contributed by atoms with van der Waals surface area (Å²) in [5.41, 5.74) is 6.60. The molecular weight excluding hydrogens is 300 g/mol. The molecule has 0 aliphatic rings.